The molecule has 0 fully saturated rings. The number of unbranched alkanes of at least 4 members (excludes halogenated alkanes) is 2. The van der Waals surface area contributed by atoms with Crippen molar-refractivity contribution in [2.75, 3.05) is 11.9 Å². The molecule has 0 saturated heterocycles. The first-order valence-corrected chi connectivity index (χ1v) is 10.1. The maximum atomic E-state index is 7.61. The number of imidazole rings is 1. The fraction of sp³-hybridized carbons (Fsp3) is 0.500. The average Bonchev–Trinajstić information content (AvgIpc) is 3.03. The molecule has 0 aliphatic rings. The highest BCUT2D eigenvalue weighted by molar-refractivity contribution is 5.88. The second-order valence-corrected chi connectivity index (χ2v) is 6.89. The maximum absolute atomic E-state index is 7.61. The van der Waals surface area contributed by atoms with E-state index in [1.807, 2.05) is 18.5 Å². The molecule has 2 rings (SSSR count). The van der Waals surface area contributed by atoms with Gasteiger partial charge in [0.2, 0.25) is 0 Å². The van der Waals surface area contributed by atoms with Crippen molar-refractivity contribution in [1.29, 1.82) is 5.41 Å². The van der Waals surface area contributed by atoms with E-state index < -0.39 is 0 Å². The first-order valence-electron chi connectivity index (χ1n) is 10.1. The molecule has 146 valence electrons. The summed E-state index contributed by atoms with van der Waals surface area (Å²) in [4.78, 5) is 9.46. The first-order chi connectivity index (χ1) is 13.2. The lowest BCUT2D eigenvalue weighted by atomic mass is 10.0. The van der Waals surface area contributed by atoms with Gasteiger partial charge in [-0.15, -0.1) is 0 Å². The summed E-state index contributed by atoms with van der Waals surface area (Å²) in [5.41, 5.74) is 5.32. The van der Waals surface area contributed by atoms with Gasteiger partial charge in [-0.1, -0.05) is 51.7 Å². The van der Waals surface area contributed by atoms with Gasteiger partial charge in [-0.2, -0.15) is 0 Å². The molecule has 0 amide bonds. The van der Waals surface area contributed by atoms with Crippen LogP contribution in [0.15, 0.2) is 30.1 Å². The Morgan fingerprint density at radius 1 is 1.22 bits per heavy atom. The number of hydrogen-bond donors (Lipinski definition) is 2. The van der Waals surface area contributed by atoms with Crippen LogP contribution in [0.3, 0.4) is 0 Å². The second kappa shape index (κ2) is 10.7. The van der Waals surface area contributed by atoms with Gasteiger partial charge in [0.05, 0.1) is 11.4 Å². The quantitative estimate of drug-likeness (QED) is 0.305. The molecule has 0 atom stereocenters. The number of hydrogen-bond acceptors (Lipinski definition) is 4. The van der Waals surface area contributed by atoms with Crippen molar-refractivity contribution in [2.24, 2.45) is 0 Å². The minimum absolute atomic E-state index is 0.836. The predicted molar refractivity (Wildman–Crippen MR) is 116 cm³/mol. The summed E-state index contributed by atoms with van der Waals surface area (Å²) in [6.07, 6.45) is 15.6. The number of nitrogens with zero attached hydrogens (tertiary/aromatic N) is 3. The van der Waals surface area contributed by atoms with Gasteiger partial charge in [-0.3, -0.25) is 4.40 Å². The topological polar surface area (TPSA) is 66.1 Å². The molecule has 0 bridgehead atoms. The van der Waals surface area contributed by atoms with Crippen molar-refractivity contribution in [1.82, 2.24) is 14.4 Å². The molecular weight excluding hydrogens is 334 g/mol. The lowest BCUT2D eigenvalue weighted by molar-refractivity contribution is 0.742. The Bertz CT molecular complexity index is 813. The zero-order valence-electron chi connectivity index (χ0n) is 17.2. The smallest absolute Gasteiger partial charge is 0.180 e. The Hall–Kier alpha value is -2.43. The largest absolute Gasteiger partial charge is 0.367 e. The van der Waals surface area contributed by atoms with Crippen molar-refractivity contribution in [3.05, 3.63) is 41.5 Å². The molecule has 0 aromatic carbocycles. The van der Waals surface area contributed by atoms with Gasteiger partial charge in [-0.25, -0.2) is 9.97 Å². The van der Waals surface area contributed by atoms with Crippen molar-refractivity contribution in [3.63, 3.8) is 0 Å². The first kappa shape index (κ1) is 20.9. The van der Waals surface area contributed by atoms with Crippen LogP contribution in [-0.2, 0) is 6.42 Å². The molecule has 2 heterocycles. The van der Waals surface area contributed by atoms with E-state index in [4.69, 9.17) is 10.4 Å². The Kier molecular flexibility index (Phi) is 8.24. The van der Waals surface area contributed by atoms with E-state index in [-0.39, 0.29) is 0 Å². The van der Waals surface area contributed by atoms with Crippen LogP contribution in [0.1, 0.15) is 71.2 Å². The van der Waals surface area contributed by atoms with E-state index in [0.717, 1.165) is 60.7 Å². The number of aryl methyl sites for hydroxylation is 1. The summed E-state index contributed by atoms with van der Waals surface area (Å²) >= 11 is 0. The molecule has 0 aliphatic heterocycles. The number of aromatic nitrogens is 3. The molecule has 27 heavy (non-hydrogen) atoms. The number of nitrogens with one attached hydrogen (secondary N) is 2. The molecule has 0 unspecified atom stereocenters. The number of rotatable bonds is 11. The molecule has 2 aromatic heterocycles. The molecule has 0 saturated carbocycles. The lowest BCUT2D eigenvalue weighted by Gasteiger charge is -2.09. The molecule has 5 heteroatoms. The highest BCUT2D eigenvalue weighted by Gasteiger charge is 2.17. The summed E-state index contributed by atoms with van der Waals surface area (Å²) in [7, 11) is 0. The molecule has 0 radical (unpaired) electrons. The standard InChI is InChI=1S/C22H33N5/c1-5-8-9-13-24-21-22-26-19(10-6-2)20(27(22)15-14-25-21)18(11-12-23)16-17(4)7-3/h11-12,14-16,23H,5-10,13H2,1-4H3,(H,24,25)/b17-16+,18-11+,23-12?. The summed E-state index contributed by atoms with van der Waals surface area (Å²) in [5.74, 6) is 0.836. The van der Waals surface area contributed by atoms with Crippen molar-refractivity contribution >= 4 is 23.3 Å². The SMILES string of the molecule is CCCCCNc1nccn2c(C(/C=C(\C)CC)=C/C=N)c(CCC)nc12. The van der Waals surface area contributed by atoms with E-state index in [9.17, 15) is 0 Å². The monoisotopic (exact) mass is 367 g/mol. The number of allylic oxidation sites excluding steroid dienone is 4. The summed E-state index contributed by atoms with van der Waals surface area (Å²) < 4.78 is 2.12. The van der Waals surface area contributed by atoms with E-state index in [1.165, 1.54) is 24.6 Å². The Morgan fingerprint density at radius 3 is 2.70 bits per heavy atom. The molecular formula is C22H33N5. The van der Waals surface area contributed by atoms with Crippen molar-refractivity contribution in [2.45, 2.75) is 66.2 Å². The average molecular weight is 368 g/mol. The predicted octanol–water partition coefficient (Wildman–Crippen LogP) is 5.67. The fourth-order valence-electron chi connectivity index (χ4n) is 3.10. The molecule has 0 spiro atoms. The Morgan fingerprint density at radius 2 is 2.04 bits per heavy atom. The Balaban J connectivity index is 2.55. The van der Waals surface area contributed by atoms with Crippen LogP contribution >= 0.6 is 0 Å². The minimum Gasteiger partial charge on any atom is -0.367 e. The van der Waals surface area contributed by atoms with Gasteiger partial charge in [0.25, 0.3) is 0 Å². The van der Waals surface area contributed by atoms with E-state index in [1.54, 1.807) is 0 Å². The van der Waals surface area contributed by atoms with E-state index in [0.29, 0.717) is 0 Å². The lowest BCUT2D eigenvalue weighted by Crippen LogP contribution is -2.05. The van der Waals surface area contributed by atoms with Gasteiger partial charge in [0.15, 0.2) is 11.5 Å². The highest BCUT2D eigenvalue weighted by Crippen LogP contribution is 2.27. The van der Waals surface area contributed by atoms with Crippen LogP contribution in [0.2, 0.25) is 0 Å². The van der Waals surface area contributed by atoms with Gasteiger partial charge < -0.3 is 10.7 Å². The molecule has 2 aromatic rings. The van der Waals surface area contributed by atoms with Crippen LogP contribution < -0.4 is 5.32 Å². The normalized spacial score (nSPS) is 12.6. The van der Waals surface area contributed by atoms with Crippen molar-refractivity contribution in [3.8, 4) is 0 Å². The zero-order chi connectivity index (χ0) is 19.6. The molecule has 2 N–H and O–H groups in total. The van der Waals surface area contributed by atoms with Crippen LogP contribution in [0.4, 0.5) is 5.82 Å². The highest BCUT2D eigenvalue weighted by atomic mass is 15.1. The number of fused-ring (bicyclic) bond motifs is 1. The van der Waals surface area contributed by atoms with Crippen LogP contribution in [0.25, 0.3) is 11.2 Å². The molecule has 5 nitrogen and oxygen atoms in total. The van der Waals surface area contributed by atoms with Crippen LogP contribution in [0, 0.1) is 5.41 Å². The summed E-state index contributed by atoms with van der Waals surface area (Å²) in [6.45, 7) is 9.56. The third-order valence-electron chi connectivity index (χ3n) is 4.67. The maximum Gasteiger partial charge on any atom is 0.180 e. The van der Waals surface area contributed by atoms with E-state index in [2.05, 4.69) is 48.5 Å². The van der Waals surface area contributed by atoms with Gasteiger partial charge in [-0.05, 0) is 32.3 Å². The zero-order valence-corrected chi connectivity index (χ0v) is 17.2. The van der Waals surface area contributed by atoms with Crippen molar-refractivity contribution < 1.29 is 0 Å². The second-order valence-electron chi connectivity index (χ2n) is 6.89. The van der Waals surface area contributed by atoms with Crippen LogP contribution in [-0.4, -0.2) is 27.1 Å². The van der Waals surface area contributed by atoms with Gasteiger partial charge in [0, 0.05) is 30.7 Å². The summed E-state index contributed by atoms with van der Waals surface area (Å²) in [6, 6.07) is 0. The Labute approximate surface area is 163 Å². The molecule has 0 aliphatic carbocycles. The third kappa shape index (κ3) is 5.28. The van der Waals surface area contributed by atoms with Gasteiger partial charge >= 0.3 is 0 Å². The van der Waals surface area contributed by atoms with E-state index >= 15 is 0 Å². The minimum atomic E-state index is 0.836. The fourth-order valence-corrected chi connectivity index (χ4v) is 3.10. The third-order valence-corrected chi connectivity index (χ3v) is 4.67. The van der Waals surface area contributed by atoms with Gasteiger partial charge in [0.1, 0.15) is 0 Å². The summed E-state index contributed by atoms with van der Waals surface area (Å²) in [5, 5.41) is 11.1. The number of anilines is 1. The van der Waals surface area contributed by atoms with Crippen LogP contribution in [0.5, 0.6) is 0 Å².